The Balaban J connectivity index is 2.12. The second kappa shape index (κ2) is 8.36. The third-order valence-electron chi connectivity index (χ3n) is 2.24. The van der Waals surface area contributed by atoms with Gasteiger partial charge in [-0.15, -0.1) is 0 Å². The Hall–Kier alpha value is -0.800. The highest BCUT2D eigenvalue weighted by Gasteiger charge is 2.03. The highest BCUT2D eigenvalue weighted by molar-refractivity contribution is 7.99. The van der Waals surface area contributed by atoms with Crippen LogP contribution in [0.4, 0.5) is 0 Å². The molecule has 16 heavy (non-hydrogen) atoms. The Bertz CT molecular complexity index is 298. The van der Waals surface area contributed by atoms with E-state index in [0.717, 1.165) is 29.9 Å². The number of carbonyl (C=O) groups is 1. The first-order valence-corrected chi connectivity index (χ1v) is 6.77. The summed E-state index contributed by atoms with van der Waals surface area (Å²) in [4.78, 5) is 11.7. The SMILES string of the molecule is O=C(CCCSCCCO)c1ccccc1. The van der Waals surface area contributed by atoms with Crippen molar-refractivity contribution in [3.63, 3.8) is 0 Å². The van der Waals surface area contributed by atoms with Gasteiger partial charge in [-0.25, -0.2) is 0 Å². The molecule has 1 rings (SSSR count). The molecule has 0 atom stereocenters. The van der Waals surface area contributed by atoms with Gasteiger partial charge in [-0.1, -0.05) is 30.3 Å². The number of benzene rings is 1. The molecular weight excluding hydrogens is 220 g/mol. The van der Waals surface area contributed by atoms with E-state index in [1.165, 1.54) is 0 Å². The van der Waals surface area contributed by atoms with Crippen LogP contribution in [0.25, 0.3) is 0 Å². The summed E-state index contributed by atoms with van der Waals surface area (Å²) in [6.45, 7) is 0.260. The van der Waals surface area contributed by atoms with Crippen molar-refractivity contribution in [1.29, 1.82) is 0 Å². The van der Waals surface area contributed by atoms with E-state index in [9.17, 15) is 4.79 Å². The predicted molar refractivity (Wildman–Crippen MR) is 69.0 cm³/mol. The number of aliphatic hydroxyl groups is 1. The van der Waals surface area contributed by atoms with E-state index >= 15 is 0 Å². The lowest BCUT2D eigenvalue weighted by Gasteiger charge is -2.01. The second-order valence-corrected chi connectivity index (χ2v) is 4.81. The first-order valence-electron chi connectivity index (χ1n) is 5.61. The van der Waals surface area contributed by atoms with E-state index < -0.39 is 0 Å². The lowest BCUT2D eigenvalue weighted by Crippen LogP contribution is -1.99. The first kappa shape index (κ1) is 13.3. The van der Waals surface area contributed by atoms with Crippen LogP contribution in [0.2, 0.25) is 0 Å². The molecule has 0 unspecified atom stereocenters. The molecule has 2 nitrogen and oxygen atoms in total. The number of carbonyl (C=O) groups excluding carboxylic acids is 1. The van der Waals surface area contributed by atoms with Crippen molar-refractivity contribution < 1.29 is 9.90 Å². The molecule has 0 spiro atoms. The van der Waals surface area contributed by atoms with E-state index in [-0.39, 0.29) is 12.4 Å². The summed E-state index contributed by atoms with van der Waals surface area (Å²) in [5.41, 5.74) is 0.808. The summed E-state index contributed by atoms with van der Waals surface area (Å²) in [6, 6.07) is 9.43. The zero-order valence-electron chi connectivity index (χ0n) is 9.39. The van der Waals surface area contributed by atoms with Gasteiger partial charge < -0.3 is 5.11 Å². The van der Waals surface area contributed by atoms with Crippen LogP contribution < -0.4 is 0 Å². The van der Waals surface area contributed by atoms with Crippen LogP contribution in [0.3, 0.4) is 0 Å². The lowest BCUT2D eigenvalue weighted by atomic mass is 10.1. The molecule has 0 saturated heterocycles. The number of hydrogen-bond donors (Lipinski definition) is 1. The number of hydrogen-bond acceptors (Lipinski definition) is 3. The topological polar surface area (TPSA) is 37.3 Å². The number of aliphatic hydroxyl groups excluding tert-OH is 1. The minimum atomic E-state index is 0.225. The summed E-state index contributed by atoms with van der Waals surface area (Å²) < 4.78 is 0. The van der Waals surface area contributed by atoms with Crippen molar-refractivity contribution in [3.05, 3.63) is 35.9 Å². The minimum Gasteiger partial charge on any atom is -0.396 e. The van der Waals surface area contributed by atoms with Gasteiger partial charge in [0.25, 0.3) is 0 Å². The van der Waals surface area contributed by atoms with E-state index in [2.05, 4.69) is 0 Å². The maximum Gasteiger partial charge on any atom is 0.162 e. The van der Waals surface area contributed by atoms with Gasteiger partial charge in [-0.3, -0.25) is 4.79 Å². The molecule has 0 aliphatic heterocycles. The largest absolute Gasteiger partial charge is 0.396 e. The molecule has 0 fully saturated rings. The van der Waals surface area contributed by atoms with E-state index in [1.807, 2.05) is 30.3 Å². The van der Waals surface area contributed by atoms with Gasteiger partial charge in [0.15, 0.2) is 5.78 Å². The van der Waals surface area contributed by atoms with E-state index in [1.54, 1.807) is 11.8 Å². The van der Waals surface area contributed by atoms with Gasteiger partial charge in [0, 0.05) is 18.6 Å². The third-order valence-corrected chi connectivity index (χ3v) is 3.39. The molecule has 0 saturated carbocycles. The van der Waals surface area contributed by atoms with Crippen molar-refractivity contribution in [2.24, 2.45) is 0 Å². The molecule has 0 radical (unpaired) electrons. The Morgan fingerprint density at radius 2 is 1.81 bits per heavy atom. The highest BCUT2D eigenvalue weighted by Crippen LogP contribution is 2.09. The molecule has 1 aromatic rings. The fraction of sp³-hybridized carbons (Fsp3) is 0.462. The molecule has 0 bridgehead atoms. The van der Waals surface area contributed by atoms with Crippen LogP contribution in [-0.2, 0) is 0 Å². The second-order valence-electron chi connectivity index (χ2n) is 3.58. The summed E-state index contributed by atoms with van der Waals surface area (Å²) in [5.74, 6) is 2.21. The Kier molecular flexibility index (Phi) is 6.93. The first-order chi connectivity index (χ1) is 7.84. The molecular formula is C13H18O2S. The maximum atomic E-state index is 11.7. The van der Waals surface area contributed by atoms with Crippen molar-refractivity contribution in [1.82, 2.24) is 0 Å². The van der Waals surface area contributed by atoms with Crippen molar-refractivity contribution in [2.45, 2.75) is 19.3 Å². The molecule has 0 aromatic heterocycles. The lowest BCUT2D eigenvalue weighted by molar-refractivity contribution is 0.0982. The number of thioether (sulfide) groups is 1. The molecule has 88 valence electrons. The van der Waals surface area contributed by atoms with Gasteiger partial charge >= 0.3 is 0 Å². The molecule has 0 aliphatic rings. The van der Waals surface area contributed by atoms with E-state index in [4.69, 9.17) is 5.11 Å². The van der Waals surface area contributed by atoms with Crippen molar-refractivity contribution in [3.8, 4) is 0 Å². The van der Waals surface area contributed by atoms with Crippen LogP contribution in [-0.4, -0.2) is 29.0 Å². The standard InChI is InChI=1S/C13H18O2S/c14-9-5-11-16-10-4-8-13(15)12-6-2-1-3-7-12/h1-3,6-7,14H,4-5,8-11H2. The van der Waals surface area contributed by atoms with Crippen LogP contribution in [0.5, 0.6) is 0 Å². The highest BCUT2D eigenvalue weighted by atomic mass is 32.2. The van der Waals surface area contributed by atoms with Crippen LogP contribution >= 0.6 is 11.8 Å². The monoisotopic (exact) mass is 238 g/mol. The fourth-order valence-corrected chi connectivity index (χ4v) is 2.26. The predicted octanol–water partition coefficient (Wildman–Crippen LogP) is 2.77. The molecule has 0 heterocycles. The van der Waals surface area contributed by atoms with Crippen molar-refractivity contribution in [2.75, 3.05) is 18.1 Å². The number of ketones is 1. The zero-order chi connectivity index (χ0) is 11.6. The Morgan fingerprint density at radius 3 is 2.50 bits per heavy atom. The molecule has 0 aliphatic carbocycles. The summed E-state index contributed by atoms with van der Waals surface area (Å²) >= 11 is 1.80. The summed E-state index contributed by atoms with van der Waals surface area (Å²) in [6.07, 6.45) is 2.39. The third kappa shape index (κ3) is 5.33. The molecule has 0 amide bonds. The van der Waals surface area contributed by atoms with Crippen LogP contribution in [0, 0.1) is 0 Å². The summed E-state index contributed by atoms with van der Waals surface area (Å²) in [5, 5.41) is 8.59. The average Bonchev–Trinajstić information content (AvgIpc) is 2.34. The number of rotatable bonds is 8. The van der Waals surface area contributed by atoms with Gasteiger partial charge in [-0.2, -0.15) is 11.8 Å². The van der Waals surface area contributed by atoms with Gasteiger partial charge in [0.1, 0.15) is 0 Å². The van der Waals surface area contributed by atoms with E-state index in [0.29, 0.717) is 6.42 Å². The fourth-order valence-electron chi connectivity index (χ4n) is 1.37. The summed E-state index contributed by atoms with van der Waals surface area (Å²) in [7, 11) is 0. The maximum absolute atomic E-state index is 11.7. The smallest absolute Gasteiger partial charge is 0.162 e. The zero-order valence-corrected chi connectivity index (χ0v) is 10.2. The average molecular weight is 238 g/mol. The quantitative estimate of drug-likeness (QED) is 0.559. The Morgan fingerprint density at radius 1 is 1.12 bits per heavy atom. The van der Waals surface area contributed by atoms with Crippen molar-refractivity contribution >= 4 is 17.5 Å². The van der Waals surface area contributed by atoms with Crippen LogP contribution in [0.1, 0.15) is 29.6 Å². The number of Topliss-reactive ketones (excluding diaryl/α,β-unsaturated/α-hetero) is 1. The molecule has 1 aromatic carbocycles. The molecule has 3 heteroatoms. The van der Waals surface area contributed by atoms with Gasteiger partial charge in [0.2, 0.25) is 0 Å². The normalized spacial score (nSPS) is 10.3. The Labute approximate surface area is 101 Å². The van der Waals surface area contributed by atoms with Crippen LogP contribution in [0.15, 0.2) is 30.3 Å². The molecule has 1 N–H and O–H groups in total. The van der Waals surface area contributed by atoms with Gasteiger partial charge in [-0.05, 0) is 24.3 Å². The van der Waals surface area contributed by atoms with Gasteiger partial charge in [0.05, 0.1) is 0 Å². The minimum absolute atomic E-state index is 0.225.